The number of aromatic nitrogens is 1. The molecule has 0 amide bonds. The summed E-state index contributed by atoms with van der Waals surface area (Å²) in [5.74, 6) is -0.155. The van der Waals surface area contributed by atoms with Crippen molar-refractivity contribution in [3.63, 3.8) is 0 Å². The second-order valence-electron chi connectivity index (χ2n) is 3.53. The first kappa shape index (κ1) is 8.81. The average Bonchev–Trinajstić information content (AvgIpc) is 2.08. The standard InChI is InChI=1S/C11H11NO2/c1-7-5-12(2)6-8-3-10(13)11(14)4-9(7)8/h3-6,13H,1-2H3/p+1. The van der Waals surface area contributed by atoms with Gasteiger partial charge in [0.15, 0.2) is 23.9 Å². The number of phenols is 2. The highest BCUT2D eigenvalue weighted by atomic mass is 16.3. The number of nitrogens with zero attached hydrogens (tertiary/aromatic N) is 1. The zero-order chi connectivity index (χ0) is 10.3. The summed E-state index contributed by atoms with van der Waals surface area (Å²) >= 11 is 0. The molecule has 0 radical (unpaired) electrons. The van der Waals surface area contributed by atoms with Crippen LogP contribution < -0.4 is 4.57 Å². The highest BCUT2D eigenvalue weighted by Crippen LogP contribution is 2.30. The highest BCUT2D eigenvalue weighted by molar-refractivity contribution is 5.87. The lowest BCUT2D eigenvalue weighted by molar-refractivity contribution is -0.670. The maximum Gasteiger partial charge on any atom is 0.176 e. The van der Waals surface area contributed by atoms with Crippen LogP contribution in [0.4, 0.5) is 0 Å². The smallest absolute Gasteiger partial charge is 0.176 e. The minimum atomic E-state index is -0.0805. The second kappa shape index (κ2) is 2.87. The lowest BCUT2D eigenvalue weighted by atomic mass is 10.1. The molecule has 3 heteroatoms. The molecule has 0 atom stereocenters. The fraction of sp³-hybridized carbons (Fsp3) is 0.182. The molecular formula is C11H12NO2+. The van der Waals surface area contributed by atoms with Crippen LogP contribution in [0.3, 0.4) is 0 Å². The van der Waals surface area contributed by atoms with Gasteiger partial charge in [-0.1, -0.05) is 0 Å². The van der Waals surface area contributed by atoms with Crippen molar-refractivity contribution in [3.8, 4) is 11.5 Å². The summed E-state index contributed by atoms with van der Waals surface area (Å²) in [7, 11) is 1.93. The first-order valence-electron chi connectivity index (χ1n) is 4.39. The van der Waals surface area contributed by atoms with Gasteiger partial charge in [0.25, 0.3) is 0 Å². The summed E-state index contributed by atoms with van der Waals surface area (Å²) in [5, 5.41) is 20.6. The molecule has 0 saturated heterocycles. The molecule has 0 spiro atoms. The van der Waals surface area contributed by atoms with Crippen LogP contribution in [0, 0.1) is 6.92 Å². The number of aryl methyl sites for hydroxylation is 2. The molecule has 0 aliphatic heterocycles. The number of hydrogen-bond acceptors (Lipinski definition) is 2. The molecule has 2 N–H and O–H groups in total. The fourth-order valence-electron chi connectivity index (χ4n) is 1.67. The van der Waals surface area contributed by atoms with Crippen LogP contribution in [0.25, 0.3) is 10.8 Å². The van der Waals surface area contributed by atoms with E-state index in [1.165, 1.54) is 0 Å². The molecule has 14 heavy (non-hydrogen) atoms. The van der Waals surface area contributed by atoms with Crippen molar-refractivity contribution in [2.75, 3.05) is 0 Å². The van der Waals surface area contributed by atoms with Crippen molar-refractivity contribution in [1.82, 2.24) is 0 Å². The Balaban J connectivity index is 2.89. The molecule has 0 fully saturated rings. The maximum absolute atomic E-state index is 9.35. The van der Waals surface area contributed by atoms with Gasteiger partial charge in [0.2, 0.25) is 0 Å². The molecule has 2 rings (SSSR count). The van der Waals surface area contributed by atoms with E-state index in [0.29, 0.717) is 0 Å². The minimum absolute atomic E-state index is 0.0746. The number of pyridine rings is 1. The number of fused-ring (bicyclic) bond motifs is 1. The number of aromatic hydroxyl groups is 2. The zero-order valence-corrected chi connectivity index (χ0v) is 8.15. The van der Waals surface area contributed by atoms with E-state index in [2.05, 4.69) is 0 Å². The van der Waals surface area contributed by atoms with Gasteiger partial charge in [0.1, 0.15) is 7.05 Å². The third-order valence-corrected chi connectivity index (χ3v) is 2.31. The Bertz CT molecular complexity index is 506. The fourth-order valence-corrected chi connectivity index (χ4v) is 1.67. The molecule has 0 bridgehead atoms. The van der Waals surface area contributed by atoms with Crippen LogP contribution in [-0.4, -0.2) is 10.2 Å². The van der Waals surface area contributed by atoms with Gasteiger partial charge in [-0.25, -0.2) is 4.57 Å². The Kier molecular flexibility index (Phi) is 1.81. The van der Waals surface area contributed by atoms with Crippen LogP contribution in [0.1, 0.15) is 5.56 Å². The molecule has 0 unspecified atom stereocenters. The Morgan fingerprint density at radius 3 is 2.43 bits per heavy atom. The third-order valence-electron chi connectivity index (χ3n) is 2.31. The molecule has 3 nitrogen and oxygen atoms in total. The van der Waals surface area contributed by atoms with E-state index in [0.717, 1.165) is 16.3 Å². The van der Waals surface area contributed by atoms with Gasteiger partial charge in [-0.15, -0.1) is 0 Å². The summed E-state index contributed by atoms with van der Waals surface area (Å²) in [6, 6.07) is 3.15. The van der Waals surface area contributed by atoms with Crippen molar-refractivity contribution in [2.24, 2.45) is 7.05 Å². The molecule has 1 aromatic carbocycles. The Hall–Kier alpha value is -1.77. The molecule has 1 aromatic heterocycles. The van der Waals surface area contributed by atoms with E-state index >= 15 is 0 Å². The predicted octanol–water partition coefficient (Wildman–Crippen LogP) is 1.38. The van der Waals surface area contributed by atoms with Gasteiger partial charge in [-0.05, 0) is 19.1 Å². The Labute approximate surface area is 81.9 Å². The van der Waals surface area contributed by atoms with Gasteiger partial charge in [-0.2, -0.15) is 0 Å². The molecule has 0 saturated carbocycles. The topological polar surface area (TPSA) is 44.3 Å². The highest BCUT2D eigenvalue weighted by Gasteiger charge is 2.08. The maximum atomic E-state index is 9.35. The normalized spacial score (nSPS) is 10.7. The van der Waals surface area contributed by atoms with Crippen molar-refractivity contribution in [1.29, 1.82) is 0 Å². The van der Waals surface area contributed by atoms with Crippen molar-refractivity contribution in [3.05, 3.63) is 30.1 Å². The van der Waals surface area contributed by atoms with E-state index < -0.39 is 0 Å². The van der Waals surface area contributed by atoms with Crippen LogP contribution in [0.5, 0.6) is 11.5 Å². The zero-order valence-electron chi connectivity index (χ0n) is 8.15. The number of rotatable bonds is 0. The first-order chi connectivity index (χ1) is 6.58. The summed E-state index contributed by atoms with van der Waals surface area (Å²) in [6.07, 6.45) is 3.88. The van der Waals surface area contributed by atoms with Gasteiger partial charge < -0.3 is 10.2 Å². The molecule has 1 heterocycles. The average molecular weight is 190 g/mol. The van der Waals surface area contributed by atoms with Crippen LogP contribution >= 0.6 is 0 Å². The Morgan fingerprint density at radius 1 is 1.07 bits per heavy atom. The van der Waals surface area contributed by atoms with Crippen molar-refractivity contribution in [2.45, 2.75) is 6.92 Å². The van der Waals surface area contributed by atoms with Gasteiger partial charge in [0.05, 0.1) is 0 Å². The monoisotopic (exact) mass is 190 g/mol. The quantitative estimate of drug-likeness (QED) is 0.487. The van der Waals surface area contributed by atoms with E-state index in [9.17, 15) is 10.2 Å². The lowest BCUT2D eigenvalue weighted by Gasteiger charge is -2.02. The molecule has 72 valence electrons. The number of hydrogen-bond donors (Lipinski definition) is 2. The number of benzene rings is 1. The van der Waals surface area contributed by atoms with E-state index in [1.54, 1.807) is 12.1 Å². The van der Waals surface area contributed by atoms with Crippen LogP contribution in [0.2, 0.25) is 0 Å². The molecule has 0 aliphatic carbocycles. The SMILES string of the molecule is Cc1c[n+](C)cc2cc(O)c(O)cc12. The van der Waals surface area contributed by atoms with Crippen LogP contribution in [0.15, 0.2) is 24.5 Å². The predicted molar refractivity (Wildman–Crippen MR) is 53.2 cm³/mol. The van der Waals surface area contributed by atoms with Gasteiger partial charge in [-0.3, -0.25) is 0 Å². The van der Waals surface area contributed by atoms with Crippen molar-refractivity contribution >= 4 is 10.8 Å². The summed E-state index contributed by atoms with van der Waals surface area (Å²) < 4.78 is 1.92. The summed E-state index contributed by atoms with van der Waals surface area (Å²) in [6.45, 7) is 1.97. The van der Waals surface area contributed by atoms with Gasteiger partial charge >= 0.3 is 0 Å². The number of phenolic OH excluding ortho intramolecular Hbond substituents is 2. The largest absolute Gasteiger partial charge is 0.504 e. The van der Waals surface area contributed by atoms with E-state index in [-0.39, 0.29) is 11.5 Å². The third kappa shape index (κ3) is 1.27. The van der Waals surface area contributed by atoms with Gasteiger partial charge in [0, 0.05) is 16.3 Å². The van der Waals surface area contributed by atoms with E-state index in [4.69, 9.17) is 0 Å². The van der Waals surface area contributed by atoms with Crippen LogP contribution in [-0.2, 0) is 7.05 Å². The first-order valence-corrected chi connectivity index (χ1v) is 4.39. The Morgan fingerprint density at radius 2 is 1.71 bits per heavy atom. The molecule has 2 aromatic rings. The summed E-state index contributed by atoms with van der Waals surface area (Å²) in [5.41, 5.74) is 1.07. The lowest BCUT2D eigenvalue weighted by Crippen LogP contribution is -2.26. The molecule has 0 aliphatic rings. The second-order valence-corrected chi connectivity index (χ2v) is 3.53. The van der Waals surface area contributed by atoms with Crippen molar-refractivity contribution < 1.29 is 14.8 Å². The summed E-state index contributed by atoms with van der Waals surface area (Å²) in [4.78, 5) is 0. The minimum Gasteiger partial charge on any atom is -0.504 e. The van der Waals surface area contributed by atoms with E-state index in [1.807, 2.05) is 30.9 Å². The molecular weight excluding hydrogens is 178 g/mol.